The van der Waals surface area contributed by atoms with Crippen LogP contribution >= 0.6 is 15.9 Å². The van der Waals surface area contributed by atoms with Gasteiger partial charge in [0.25, 0.3) is 0 Å². The third kappa shape index (κ3) is 2.81. The molecule has 0 aromatic heterocycles. The number of ketones is 2. The number of anilines is 1. The Morgan fingerprint density at radius 1 is 0.829 bits per heavy atom. The van der Waals surface area contributed by atoms with Crippen molar-refractivity contribution in [1.82, 2.24) is 0 Å². The second kappa shape index (κ2) is 7.69. The van der Waals surface area contributed by atoms with Gasteiger partial charge in [0.15, 0.2) is 0 Å². The van der Waals surface area contributed by atoms with Gasteiger partial charge in [-0.2, -0.15) is 0 Å². The van der Waals surface area contributed by atoms with Gasteiger partial charge in [-0.15, -0.1) is 0 Å². The molecular formula is C27H18BrNO6. The van der Waals surface area contributed by atoms with E-state index in [1.54, 1.807) is 66.7 Å². The van der Waals surface area contributed by atoms with Gasteiger partial charge in [0.2, 0.25) is 29.0 Å². The Morgan fingerprint density at radius 3 is 2.03 bits per heavy atom. The van der Waals surface area contributed by atoms with Crippen LogP contribution in [0.3, 0.4) is 0 Å². The molecule has 0 N–H and O–H groups in total. The van der Waals surface area contributed by atoms with Gasteiger partial charge in [0, 0.05) is 15.6 Å². The van der Waals surface area contributed by atoms with E-state index in [1.807, 2.05) is 6.07 Å². The molecule has 2 fully saturated rings. The number of imide groups is 1. The van der Waals surface area contributed by atoms with E-state index >= 15 is 0 Å². The molecule has 0 radical (unpaired) electrons. The van der Waals surface area contributed by atoms with E-state index in [1.165, 1.54) is 7.11 Å². The van der Waals surface area contributed by atoms with E-state index in [-0.39, 0.29) is 11.1 Å². The molecule has 2 heterocycles. The first-order valence-corrected chi connectivity index (χ1v) is 11.8. The number of rotatable bonds is 3. The zero-order valence-electron chi connectivity index (χ0n) is 18.4. The van der Waals surface area contributed by atoms with Gasteiger partial charge in [-0.3, -0.25) is 19.2 Å². The Labute approximate surface area is 208 Å². The molecule has 3 aliphatic rings. The van der Waals surface area contributed by atoms with Crippen molar-refractivity contribution < 1.29 is 28.7 Å². The number of hydrogen-bond acceptors (Lipinski definition) is 6. The van der Waals surface area contributed by atoms with Gasteiger partial charge in [-0.05, 0) is 35.9 Å². The molecule has 3 unspecified atom stereocenters. The summed E-state index contributed by atoms with van der Waals surface area (Å²) >= 11 is 3.50. The summed E-state index contributed by atoms with van der Waals surface area (Å²) in [5.41, 5.74) is -0.762. The van der Waals surface area contributed by atoms with E-state index in [2.05, 4.69) is 15.9 Å². The standard InChI is InChI=1S/C27H18BrNO6/c1-34-15-12-10-14(11-13-15)29-25(32)20-21(26(29)33)27(35-22(20)18-8-4-5-9-19(18)28)23(30)16-6-2-3-7-17(16)24(27)31/h2-13,20-22H,1H3. The van der Waals surface area contributed by atoms with Crippen molar-refractivity contribution in [3.63, 3.8) is 0 Å². The fourth-order valence-electron chi connectivity index (χ4n) is 5.49. The number of carbonyl (C=O) groups is 4. The molecule has 2 saturated heterocycles. The summed E-state index contributed by atoms with van der Waals surface area (Å²) in [5.74, 6) is -4.09. The SMILES string of the molecule is COc1ccc(N2C(=O)C3C(c4ccccc4Br)OC4(C(=O)c5ccccc5C4=O)C3C2=O)cc1. The first-order chi connectivity index (χ1) is 16.9. The van der Waals surface area contributed by atoms with E-state index < -0.39 is 46.9 Å². The largest absolute Gasteiger partial charge is 0.497 e. The number of Topliss-reactive ketones (excluding diaryl/α,β-unsaturated/α-hetero) is 2. The van der Waals surface area contributed by atoms with Crippen molar-refractivity contribution in [3.8, 4) is 5.75 Å². The lowest BCUT2D eigenvalue weighted by Gasteiger charge is -2.27. The van der Waals surface area contributed by atoms with Crippen molar-refractivity contribution >= 4 is 45.0 Å². The second-order valence-electron chi connectivity index (χ2n) is 8.71. The van der Waals surface area contributed by atoms with Gasteiger partial charge >= 0.3 is 0 Å². The summed E-state index contributed by atoms with van der Waals surface area (Å²) in [4.78, 5) is 56.3. The molecule has 7 nitrogen and oxygen atoms in total. The molecule has 1 spiro atoms. The average molecular weight is 532 g/mol. The number of nitrogens with zero attached hydrogens (tertiary/aromatic N) is 1. The van der Waals surface area contributed by atoms with Crippen LogP contribution in [0, 0.1) is 11.8 Å². The average Bonchev–Trinajstić information content (AvgIpc) is 3.44. The first-order valence-electron chi connectivity index (χ1n) is 11.0. The molecule has 1 aliphatic carbocycles. The molecule has 3 aromatic carbocycles. The number of carbonyl (C=O) groups excluding carboxylic acids is 4. The summed E-state index contributed by atoms with van der Waals surface area (Å²) in [6.45, 7) is 0. The van der Waals surface area contributed by atoms with Gasteiger partial charge in [0.1, 0.15) is 5.75 Å². The topological polar surface area (TPSA) is 90.0 Å². The summed E-state index contributed by atoms with van der Waals surface area (Å²) in [6.07, 6.45) is -0.975. The maximum Gasteiger partial charge on any atom is 0.241 e. The van der Waals surface area contributed by atoms with Crippen LogP contribution in [0.5, 0.6) is 5.75 Å². The predicted octanol–water partition coefficient (Wildman–Crippen LogP) is 4.15. The smallest absolute Gasteiger partial charge is 0.241 e. The Bertz CT molecular complexity index is 1400. The monoisotopic (exact) mass is 531 g/mol. The van der Waals surface area contributed by atoms with Crippen LogP contribution in [0.25, 0.3) is 0 Å². The number of amides is 2. The van der Waals surface area contributed by atoms with Crippen molar-refractivity contribution in [2.75, 3.05) is 12.0 Å². The Hall–Kier alpha value is -3.62. The Kier molecular flexibility index (Phi) is 4.81. The molecule has 35 heavy (non-hydrogen) atoms. The molecule has 2 amide bonds. The lowest BCUT2D eigenvalue weighted by molar-refractivity contribution is -0.127. The number of fused-ring (bicyclic) bond motifs is 3. The lowest BCUT2D eigenvalue weighted by Crippen LogP contribution is -2.51. The van der Waals surface area contributed by atoms with Crippen LogP contribution in [0.15, 0.2) is 77.3 Å². The Morgan fingerprint density at radius 2 is 1.43 bits per heavy atom. The first kappa shape index (κ1) is 21.9. The summed E-state index contributed by atoms with van der Waals surface area (Å²) < 4.78 is 12.1. The van der Waals surface area contributed by atoms with Crippen molar-refractivity contribution in [2.45, 2.75) is 11.7 Å². The van der Waals surface area contributed by atoms with Gasteiger partial charge < -0.3 is 9.47 Å². The molecule has 2 aliphatic heterocycles. The van der Waals surface area contributed by atoms with E-state index in [9.17, 15) is 19.2 Å². The van der Waals surface area contributed by atoms with E-state index in [0.717, 1.165) is 4.90 Å². The highest BCUT2D eigenvalue weighted by Gasteiger charge is 2.74. The van der Waals surface area contributed by atoms with Gasteiger partial charge in [-0.1, -0.05) is 58.4 Å². The fraction of sp³-hybridized carbons (Fsp3) is 0.185. The molecular weight excluding hydrogens is 514 g/mol. The number of benzene rings is 3. The van der Waals surface area contributed by atoms with Crippen LogP contribution in [-0.4, -0.2) is 36.1 Å². The van der Waals surface area contributed by atoms with E-state index in [0.29, 0.717) is 21.5 Å². The molecule has 8 heteroatoms. The minimum Gasteiger partial charge on any atom is -0.497 e. The summed E-state index contributed by atoms with van der Waals surface area (Å²) in [5, 5.41) is 0. The highest BCUT2D eigenvalue weighted by Crippen LogP contribution is 2.58. The predicted molar refractivity (Wildman–Crippen MR) is 128 cm³/mol. The molecule has 3 aromatic rings. The van der Waals surface area contributed by atoms with Crippen molar-refractivity contribution in [2.24, 2.45) is 11.8 Å². The molecule has 6 rings (SSSR count). The summed E-state index contributed by atoms with van der Waals surface area (Å²) in [6, 6.07) is 20.0. The van der Waals surface area contributed by atoms with Crippen LogP contribution in [0.2, 0.25) is 0 Å². The normalized spacial score (nSPS) is 24.3. The second-order valence-corrected chi connectivity index (χ2v) is 9.57. The summed E-state index contributed by atoms with van der Waals surface area (Å²) in [7, 11) is 1.52. The quantitative estimate of drug-likeness (QED) is 0.372. The number of hydrogen-bond donors (Lipinski definition) is 0. The number of methoxy groups -OCH3 is 1. The van der Waals surface area contributed by atoms with Crippen LogP contribution in [0.1, 0.15) is 32.4 Å². The fourth-order valence-corrected chi connectivity index (χ4v) is 6.00. The highest BCUT2D eigenvalue weighted by atomic mass is 79.9. The molecule has 174 valence electrons. The van der Waals surface area contributed by atoms with Crippen LogP contribution in [0.4, 0.5) is 5.69 Å². The van der Waals surface area contributed by atoms with E-state index in [4.69, 9.17) is 9.47 Å². The number of ether oxygens (including phenoxy) is 2. The third-order valence-electron chi connectivity index (χ3n) is 7.06. The third-order valence-corrected chi connectivity index (χ3v) is 7.78. The molecule has 0 bridgehead atoms. The minimum atomic E-state index is -2.09. The van der Waals surface area contributed by atoms with Crippen LogP contribution in [-0.2, 0) is 14.3 Å². The molecule has 3 atom stereocenters. The Balaban J connectivity index is 1.54. The van der Waals surface area contributed by atoms with Crippen LogP contribution < -0.4 is 9.64 Å². The van der Waals surface area contributed by atoms with Gasteiger partial charge in [0.05, 0.1) is 30.7 Å². The maximum atomic E-state index is 13.9. The zero-order chi connectivity index (χ0) is 24.5. The van der Waals surface area contributed by atoms with Gasteiger partial charge in [-0.25, -0.2) is 4.90 Å². The van der Waals surface area contributed by atoms with Crippen molar-refractivity contribution in [3.05, 3.63) is 94.0 Å². The maximum absolute atomic E-state index is 13.9. The van der Waals surface area contributed by atoms with Crippen molar-refractivity contribution in [1.29, 1.82) is 0 Å². The lowest BCUT2D eigenvalue weighted by atomic mass is 9.77. The number of halogens is 1. The highest BCUT2D eigenvalue weighted by molar-refractivity contribution is 9.10. The minimum absolute atomic E-state index is 0.201. The zero-order valence-corrected chi connectivity index (χ0v) is 20.0. The molecule has 0 saturated carbocycles.